The highest BCUT2D eigenvalue weighted by Gasteiger charge is 2.34. The van der Waals surface area contributed by atoms with E-state index in [2.05, 4.69) is 5.32 Å². The number of carbonyl (C=O) groups is 2. The van der Waals surface area contributed by atoms with Gasteiger partial charge in [0.2, 0.25) is 0 Å². The van der Waals surface area contributed by atoms with Crippen LogP contribution in [0.4, 0.5) is 15.8 Å². The number of nitrogens with one attached hydrogen (secondary N) is 1. The van der Waals surface area contributed by atoms with Crippen molar-refractivity contribution in [1.29, 1.82) is 0 Å². The molecule has 2 aromatic carbocycles. The number of nitro benzene ring substituents is 1. The molecule has 10 heteroatoms. The van der Waals surface area contributed by atoms with Crippen molar-refractivity contribution in [2.24, 2.45) is 0 Å². The molecule has 1 aliphatic rings. The van der Waals surface area contributed by atoms with E-state index in [1.54, 1.807) is 0 Å². The van der Waals surface area contributed by atoms with Gasteiger partial charge in [0.1, 0.15) is 17.1 Å². The van der Waals surface area contributed by atoms with E-state index in [1.807, 2.05) is 0 Å². The van der Waals surface area contributed by atoms with Gasteiger partial charge in [-0.05, 0) is 48.6 Å². The number of thiocarbonyl (C=S) groups is 1. The molecule has 0 spiro atoms. The van der Waals surface area contributed by atoms with Crippen LogP contribution in [-0.2, 0) is 9.59 Å². The zero-order valence-corrected chi connectivity index (χ0v) is 15.2. The smallest absolute Gasteiger partial charge is 0.270 e. The topological polar surface area (TPSA) is 102 Å². The summed E-state index contributed by atoms with van der Waals surface area (Å²) in [7, 11) is 1.35. The number of halogens is 1. The van der Waals surface area contributed by atoms with E-state index < -0.39 is 22.6 Å². The third kappa shape index (κ3) is 3.58. The van der Waals surface area contributed by atoms with Crippen molar-refractivity contribution in [2.75, 3.05) is 12.0 Å². The Morgan fingerprint density at radius 2 is 1.89 bits per heavy atom. The lowest BCUT2D eigenvalue weighted by atomic mass is 10.1. The number of anilines is 1. The molecule has 1 aliphatic heterocycles. The van der Waals surface area contributed by atoms with E-state index in [4.69, 9.17) is 17.0 Å². The fraction of sp³-hybridized carbons (Fsp3) is 0.0556. The highest BCUT2D eigenvalue weighted by atomic mass is 32.1. The molecule has 3 rings (SSSR count). The number of nitrogens with zero attached hydrogens (tertiary/aromatic N) is 2. The Bertz CT molecular complexity index is 1040. The average molecular weight is 401 g/mol. The summed E-state index contributed by atoms with van der Waals surface area (Å²) in [6.07, 6.45) is 1.18. The van der Waals surface area contributed by atoms with Crippen LogP contribution in [0.3, 0.4) is 0 Å². The summed E-state index contributed by atoms with van der Waals surface area (Å²) in [5.41, 5.74) is -0.116. The van der Waals surface area contributed by atoms with Gasteiger partial charge in [0.25, 0.3) is 17.5 Å². The molecule has 0 saturated carbocycles. The zero-order chi connectivity index (χ0) is 20.4. The third-order valence-electron chi connectivity index (χ3n) is 3.91. The van der Waals surface area contributed by atoms with E-state index in [-0.39, 0.29) is 33.4 Å². The van der Waals surface area contributed by atoms with Crippen LogP contribution in [0.2, 0.25) is 0 Å². The van der Waals surface area contributed by atoms with Crippen molar-refractivity contribution in [2.45, 2.75) is 0 Å². The van der Waals surface area contributed by atoms with Crippen LogP contribution in [0.1, 0.15) is 5.56 Å². The Balaban J connectivity index is 2.08. The maximum atomic E-state index is 13.2. The Morgan fingerprint density at radius 3 is 2.50 bits per heavy atom. The van der Waals surface area contributed by atoms with Gasteiger partial charge in [0, 0.05) is 17.7 Å². The van der Waals surface area contributed by atoms with Crippen molar-refractivity contribution in [3.63, 3.8) is 0 Å². The van der Waals surface area contributed by atoms with Crippen molar-refractivity contribution in [1.82, 2.24) is 5.32 Å². The normalized spacial score (nSPS) is 15.6. The van der Waals surface area contributed by atoms with E-state index in [0.29, 0.717) is 0 Å². The highest BCUT2D eigenvalue weighted by molar-refractivity contribution is 7.80. The number of rotatable bonds is 4. The molecule has 142 valence electrons. The van der Waals surface area contributed by atoms with E-state index >= 15 is 0 Å². The molecule has 8 nitrogen and oxygen atoms in total. The molecule has 1 fully saturated rings. The lowest BCUT2D eigenvalue weighted by Gasteiger charge is -2.29. The van der Waals surface area contributed by atoms with Crippen molar-refractivity contribution >= 4 is 46.6 Å². The first-order valence-electron chi connectivity index (χ1n) is 7.81. The minimum atomic E-state index is -0.762. The Hall–Kier alpha value is -3.66. The largest absolute Gasteiger partial charge is 0.496 e. The molecule has 1 N–H and O–H groups in total. The molecule has 0 aromatic heterocycles. The van der Waals surface area contributed by atoms with Crippen LogP contribution in [0.25, 0.3) is 6.08 Å². The number of hydrogen-bond donors (Lipinski definition) is 1. The number of benzene rings is 2. The standard InChI is InChI=1S/C18H12FN3O5S/c1-27-15-7-6-13(22(25)26)8-10(15)9-14-16(23)20-18(28)21(17(14)24)12-4-2-11(19)3-5-12/h2-9H,1H3,(H,20,23,28)/b14-9-. The molecule has 0 bridgehead atoms. The monoisotopic (exact) mass is 401 g/mol. The predicted molar refractivity (Wildman–Crippen MR) is 102 cm³/mol. The molecular formula is C18H12FN3O5S. The van der Waals surface area contributed by atoms with E-state index in [1.165, 1.54) is 43.5 Å². The predicted octanol–water partition coefficient (Wildman–Crippen LogP) is 2.57. The molecule has 0 atom stereocenters. The average Bonchev–Trinajstić information content (AvgIpc) is 2.66. The fourth-order valence-electron chi connectivity index (χ4n) is 2.59. The molecule has 2 amide bonds. The highest BCUT2D eigenvalue weighted by Crippen LogP contribution is 2.28. The van der Waals surface area contributed by atoms with Crippen LogP contribution in [-0.4, -0.2) is 29.0 Å². The molecular weight excluding hydrogens is 389 g/mol. The zero-order valence-electron chi connectivity index (χ0n) is 14.3. The second-order valence-electron chi connectivity index (χ2n) is 5.62. The minimum Gasteiger partial charge on any atom is -0.496 e. The second-order valence-corrected chi connectivity index (χ2v) is 6.00. The number of nitro groups is 1. The molecule has 2 aromatic rings. The lowest BCUT2D eigenvalue weighted by molar-refractivity contribution is -0.384. The SMILES string of the molecule is COc1ccc([N+](=O)[O-])cc1/C=C1/C(=O)NC(=S)N(c2ccc(F)cc2)C1=O. The van der Waals surface area contributed by atoms with E-state index in [0.717, 1.165) is 17.0 Å². The third-order valence-corrected chi connectivity index (χ3v) is 4.20. The summed E-state index contributed by atoms with van der Waals surface area (Å²) in [6.45, 7) is 0. The van der Waals surface area contributed by atoms with Crippen LogP contribution in [0.15, 0.2) is 48.0 Å². The Kier molecular flexibility index (Phi) is 5.14. The van der Waals surface area contributed by atoms with Crippen LogP contribution < -0.4 is 15.0 Å². The summed E-state index contributed by atoms with van der Waals surface area (Å²) >= 11 is 5.06. The maximum Gasteiger partial charge on any atom is 0.270 e. The van der Waals surface area contributed by atoms with Crippen molar-refractivity contribution in [3.8, 4) is 5.75 Å². The Labute approximate surface area is 163 Å². The minimum absolute atomic E-state index is 0.162. The number of amides is 2. The van der Waals surface area contributed by atoms with Gasteiger partial charge in [-0.1, -0.05) is 0 Å². The van der Waals surface area contributed by atoms with Crippen LogP contribution >= 0.6 is 12.2 Å². The molecule has 28 heavy (non-hydrogen) atoms. The lowest BCUT2D eigenvalue weighted by Crippen LogP contribution is -2.54. The first-order chi connectivity index (χ1) is 13.3. The first-order valence-corrected chi connectivity index (χ1v) is 8.22. The quantitative estimate of drug-likeness (QED) is 0.278. The number of methoxy groups -OCH3 is 1. The van der Waals surface area contributed by atoms with Gasteiger partial charge in [-0.2, -0.15) is 0 Å². The molecule has 0 radical (unpaired) electrons. The van der Waals surface area contributed by atoms with Crippen LogP contribution in [0.5, 0.6) is 5.75 Å². The summed E-state index contributed by atoms with van der Waals surface area (Å²) in [5.74, 6) is -1.78. The summed E-state index contributed by atoms with van der Waals surface area (Å²) in [6, 6.07) is 8.75. The van der Waals surface area contributed by atoms with Gasteiger partial charge in [-0.15, -0.1) is 0 Å². The van der Waals surface area contributed by atoms with Gasteiger partial charge in [-0.25, -0.2) is 4.39 Å². The number of hydrogen-bond acceptors (Lipinski definition) is 6. The Morgan fingerprint density at radius 1 is 1.21 bits per heavy atom. The molecule has 0 aliphatic carbocycles. The number of ether oxygens (including phenoxy) is 1. The molecule has 0 unspecified atom stereocenters. The maximum absolute atomic E-state index is 13.2. The second kappa shape index (κ2) is 7.53. The molecule has 1 heterocycles. The summed E-state index contributed by atoms with van der Waals surface area (Å²) in [4.78, 5) is 36.7. The van der Waals surface area contributed by atoms with Crippen LogP contribution in [0, 0.1) is 15.9 Å². The van der Waals surface area contributed by atoms with Crippen molar-refractivity contribution < 1.29 is 23.6 Å². The van der Waals surface area contributed by atoms with Gasteiger partial charge < -0.3 is 4.74 Å². The van der Waals surface area contributed by atoms with Gasteiger partial charge in [0.15, 0.2) is 5.11 Å². The van der Waals surface area contributed by atoms with Crippen molar-refractivity contribution in [3.05, 3.63) is 69.5 Å². The van der Waals surface area contributed by atoms with Gasteiger partial charge >= 0.3 is 0 Å². The van der Waals surface area contributed by atoms with Gasteiger partial charge in [0.05, 0.1) is 17.7 Å². The number of non-ortho nitro benzene ring substituents is 1. The first kappa shape index (κ1) is 19.1. The van der Waals surface area contributed by atoms with E-state index in [9.17, 15) is 24.1 Å². The summed E-state index contributed by atoms with van der Waals surface area (Å²) in [5, 5.41) is 13.2. The van der Waals surface area contributed by atoms with Gasteiger partial charge in [-0.3, -0.25) is 29.9 Å². The number of carbonyl (C=O) groups excluding carboxylic acids is 2. The molecule has 1 saturated heterocycles. The fourth-order valence-corrected chi connectivity index (χ4v) is 2.87. The summed E-state index contributed by atoms with van der Waals surface area (Å²) < 4.78 is 18.3.